The average molecular weight is 588 g/mol. The van der Waals surface area contributed by atoms with Gasteiger partial charge < -0.3 is 24.3 Å². The Bertz CT molecular complexity index is 1290. The van der Waals surface area contributed by atoms with Gasteiger partial charge in [0.15, 0.2) is 15.4 Å². The molecule has 1 aliphatic rings. The molecule has 2 heterocycles. The number of aliphatic hydroxyl groups is 1. The molecule has 2 atom stereocenters. The maximum absolute atomic E-state index is 13.6. The third-order valence-electron chi connectivity index (χ3n) is 7.36. The van der Waals surface area contributed by atoms with Gasteiger partial charge in [-0.3, -0.25) is 9.69 Å². The molecular weight excluding hydrogens is 546 g/mol. The molecule has 4 rings (SSSR count). The van der Waals surface area contributed by atoms with E-state index in [-0.39, 0.29) is 29.3 Å². The topological polar surface area (TPSA) is 131 Å². The number of carbonyl (C=O) groups excluding carboxylic acids is 1. The van der Waals surface area contributed by atoms with Crippen molar-refractivity contribution in [3.8, 4) is 0 Å². The van der Waals surface area contributed by atoms with Crippen LogP contribution in [0.2, 0.25) is 0 Å². The van der Waals surface area contributed by atoms with E-state index >= 15 is 0 Å². The lowest BCUT2D eigenvalue weighted by molar-refractivity contribution is -0.127. The lowest BCUT2D eigenvalue weighted by atomic mass is 10.0. The van der Waals surface area contributed by atoms with Gasteiger partial charge in [-0.2, -0.15) is 0 Å². The summed E-state index contributed by atoms with van der Waals surface area (Å²) in [6, 6.07) is 15.5. The zero-order valence-corrected chi connectivity index (χ0v) is 24.4. The van der Waals surface area contributed by atoms with Gasteiger partial charge in [-0.1, -0.05) is 42.5 Å². The van der Waals surface area contributed by atoms with Gasteiger partial charge in [-0.25, -0.2) is 13.4 Å². The zero-order valence-electron chi connectivity index (χ0n) is 23.6. The second kappa shape index (κ2) is 15.4. The van der Waals surface area contributed by atoms with Gasteiger partial charge in [0, 0.05) is 39.5 Å². The number of methoxy groups -OCH3 is 1. The number of aliphatic hydroxyl groups excluding tert-OH is 1. The van der Waals surface area contributed by atoms with Crippen LogP contribution in [0.25, 0.3) is 11.1 Å². The Hall–Kier alpha value is -2.83. The molecule has 2 aromatic carbocycles. The van der Waals surface area contributed by atoms with E-state index in [1.54, 1.807) is 25.3 Å². The number of unbranched alkanes of at least 4 members (excludes halogenated alkanes) is 1. The Kier molecular flexibility index (Phi) is 11.7. The molecule has 1 aliphatic heterocycles. The maximum Gasteiger partial charge on any atom is 0.238 e. The number of oxazole rings is 1. The van der Waals surface area contributed by atoms with Crippen molar-refractivity contribution in [2.75, 3.05) is 45.8 Å². The van der Waals surface area contributed by atoms with Crippen LogP contribution in [0.5, 0.6) is 0 Å². The van der Waals surface area contributed by atoms with Crippen molar-refractivity contribution in [2.45, 2.75) is 56.0 Å². The summed E-state index contributed by atoms with van der Waals surface area (Å²) in [4.78, 5) is 19.9. The fourth-order valence-electron chi connectivity index (χ4n) is 5.20. The van der Waals surface area contributed by atoms with Crippen LogP contribution in [0.1, 0.15) is 49.7 Å². The molecule has 0 saturated carbocycles. The number of nitrogens with one attached hydrogen (secondary N) is 1. The number of rotatable bonds is 16. The van der Waals surface area contributed by atoms with Crippen LogP contribution in [0.15, 0.2) is 59.0 Å². The Morgan fingerprint density at radius 1 is 1.12 bits per heavy atom. The third-order valence-corrected chi connectivity index (χ3v) is 8.95. The minimum Gasteiger partial charge on any atom is -0.438 e. The van der Waals surface area contributed by atoms with Crippen LogP contribution in [0.3, 0.4) is 0 Å². The summed E-state index contributed by atoms with van der Waals surface area (Å²) in [7, 11) is -2.01. The Morgan fingerprint density at radius 2 is 1.85 bits per heavy atom. The fourth-order valence-corrected chi connectivity index (χ4v) is 6.85. The first-order chi connectivity index (χ1) is 19.9. The number of nitrogens with zero attached hydrogens (tertiary/aromatic N) is 2. The smallest absolute Gasteiger partial charge is 0.238 e. The first kappa shape index (κ1) is 31.1. The summed E-state index contributed by atoms with van der Waals surface area (Å²) >= 11 is 0. The Balaban J connectivity index is 1.37. The normalized spacial score (nSPS) is 16.2. The van der Waals surface area contributed by atoms with Gasteiger partial charge in [-0.05, 0) is 49.8 Å². The monoisotopic (exact) mass is 587 g/mol. The minimum atomic E-state index is -3.60. The van der Waals surface area contributed by atoms with Crippen LogP contribution in [0, 0.1) is 0 Å². The molecular formula is C30H41N3O7S. The summed E-state index contributed by atoms with van der Waals surface area (Å²) in [5, 5.41) is 13.5. The van der Waals surface area contributed by atoms with Crippen molar-refractivity contribution in [2.24, 2.45) is 0 Å². The van der Waals surface area contributed by atoms with Gasteiger partial charge in [0.2, 0.25) is 11.8 Å². The molecule has 0 unspecified atom stereocenters. The highest BCUT2D eigenvalue weighted by Crippen LogP contribution is 2.24. The average Bonchev–Trinajstić information content (AvgIpc) is 3.42. The molecule has 1 fully saturated rings. The van der Waals surface area contributed by atoms with E-state index in [1.807, 2.05) is 41.3 Å². The van der Waals surface area contributed by atoms with E-state index in [0.29, 0.717) is 68.8 Å². The van der Waals surface area contributed by atoms with Crippen LogP contribution in [-0.4, -0.2) is 87.2 Å². The number of hydrogen-bond acceptors (Lipinski definition) is 9. The highest BCUT2D eigenvalue weighted by Gasteiger charge is 2.35. The molecule has 1 aromatic heterocycles. The molecule has 0 spiro atoms. The number of hydrogen-bond donors (Lipinski definition) is 2. The van der Waals surface area contributed by atoms with E-state index in [4.69, 9.17) is 13.9 Å². The lowest BCUT2D eigenvalue weighted by Gasteiger charge is -2.39. The zero-order chi connectivity index (χ0) is 29.1. The molecule has 224 valence electrons. The lowest BCUT2D eigenvalue weighted by Crippen LogP contribution is -2.56. The van der Waals surface area contributed by atoms with Crippen LogP contribution >= 0.6 is 0 Å². The minimum absolute atomic E-state index is 0.0213. The predicted molar refractivity (Wildman–Crippen MR) is 156 cm³/mol. The second-order valence-electron chi connectivity index (χ2n) is 10.5. The van der Waals surface area contributed by atoms with Gasteiger partial charge >= 0.3 is 0 Å². The largest absolute Gasteiger partial charge is 0.438 e. The van der Waals surface area contributed by atoms with Crippen LogP contribution in [-0.2, 0) is 29.9 Å². The van der Waals surface area contributed by atoms with Crippen molar-refractivity contribution in [3.63, 3.8) is 0 Å². The molecule has 0 aliphatic carbocycles. The van der Waals surface area contributed by atoms with Gasteiger partial charge in [0.05, 0.1) is 18.1 Å². The summed E-state index contributed by atoms with van der Waals surface area (Å²) < 4.78 is 43.1. The third kappa shape index (κ3) is 9.34. The van der Waals surface area contributed by atoms with Crippen LogP contribution < -0.4 is 5.32 Å². The maximum atomic E-state index is 13.6. The van der Waals surface area contributed by atoms with E-state index in [1.165, 1.54) is 0 Å². The highest BCUT2D eigenvalue weighted by molar-refractivity contribution is 7.90. The molecule has 2 N–H and O–H groups in total. The van der Waals surface area contributed by atoms with Crippen LogP contribution in [0.4, 0.5) is 0 Å². The summed E-state index contributed by atoms with van der Waals surface area (Å²) in [5.74, 6) is -0.449. The van der Waals surface area contributed by atoms with E-state index in [9.17, 15) is 18.3 Å². The van der Waals surface area contributed by atoms with Gasteiger partial charge in [0.25, 0.3) is 0 Å². The molecule has 1 amide bonds. The van der Waals surface area contributed by atoms with Crippen molar-refractivity contribution in [1.29, 1.82) is 0 Å². The highest BCUT2D eigenvalue weighted by atomic mass is 32.2. The van der Waals surface area contributed by atoms with E-state index in [2.05, 4.69) is 10.3 Å². The van der Waals surface area contributed by atoms with E-state index < -0.39 is 22.0 Å². The second-order valence-corrected chi connectivity index (χ2v) is 12.6. The summed E-state index contributed by atoms with van der Waals surface area (Å²) in [5.41, 5.74) is 2.02. The number of fused-ring (bicyclic) bond motifs is 1. The number of sulfone groups is 1. The SMILES string of the molecule is COCCN(C1CCOCC1)[C@@H](CS(=O)(=O)Cc1ccccc1)C(=O)NCCCC[C@H](O)c1nc2ccccc2o1. The summed E-state index contributed by atoms with van der Waals surface area (Å²) in [6.07, 6.45) is 2.28. The molecule has 3 aromatic rings. The quantitative estimate of drug-likeness (QED) is 0.243. The fraction of sp³-hybridized carbons (Fsp3) is 0.533. The Morgan fingerprint density at radius 3 is 2.59 bits per heavy atom. The molecule has 0 bridgehead atoms. The molecule has 11 heteroatoms. The number of amides is 1. The first-order valence-electron chi connectivity index (χ1n) is 14.2. The van der Waals surface area contributed by atoms with E-state index in [0.717, 1.165) is 12.8 Å². The van der Waals surface area contributed by atoms with Gasteiger partial charge in [-0.15, -0.1) is 0 Å². The van der Waals surface area contributed by atoms with Crippen molar-refractivity contribution < 1.29 is 32.2 Å². The number of para-hydroxylation sites is 2. The molecule has 0 radical (unpaired) electrons. The molecule has 10 nitrogen and oxygen atoms in total. The van der Waals surface area contributed by atoms with Crippen molar-refractivity contribution in [1.82, 2.24) is 15.2 Å². The number of aromatic nitrogens is 1. The molecule has 41 heavy (non-hydrogen) atoms. The van der Waals surface area contributed by atoms with Crippen molar-refractivity contribution in [3.05, 3.63) is 66.1 Å². The molecule has 1 saturated heterocycles. The van der Waals surface area contributed by atoms with Crippen molar-refractivity contribution >= 4 is 26.8 Å². The standard InChI is InChI=1S/C30H41N3O7S/c1-38-20-17-33(24-14-18-39-19-15-24)26(22-41(36,37)21-23-9-3-2-4-10-23)29(35)31-16-8-7-12-27(34)30-32-25-11-5-6-13-28(25)40-30/h2-6,9-11,13,24,26-27,34H,7-8,12,14-22H2,1H3,(H,31,35)/t26-,27-/m0/s1. The first-order valence-corrected chi connectivity index (χ1v) is 16.1. The number of benzene rings is 2. The number of carbonyl (C=O) groups is 1. The summed E-state index contributed by atoms with van der Waals surface area (Å²) in [6.45, 7) is 2.33. The Labute approximate surface area is 242 Å². The van der Waals surface area contributed by atoms with Gasteiger partial charge in [0.1, 0.15) is 17.7 Å². The predicted octanol–water partition coefficient (Wildman–Crippen LogP) is 3.26. The number of ether oxygens (including phenoxy) is 2.